The molecule has 0 saturated carbocycles. The minimum atomic E-state index is -0.250. The van der Waals surface area contributed by atoms with Gasteiger partial charge < -0.3 is 29.3 Å². The van der Waals surface area contributed by atoms with Crippen LogP contribution < -0.4 is 14.2 Å². The maximum absolute atomic E-state index is 9.42. The number of hydrogen-bond donors (Lipinski definition) is 2. The molecule has 4 aromatic rings. The first-order valence-corrected chi connectivity index (χ1v) is 17.5. The molecular formula is C40H47ClN4O6. The van der Waals surface area contributed by atoms with E-state index in [1.807, 2.05) is 24.1 Å². The molecule has 1 aliphatic heterocycles. The summed E-state index contributed by atoms with van der Waals surface area (Å²) in [7, 11) is 1.92. The second-order valence-electron chi connectivity index (χ2n) is 12.5. The molecule has 0 radical (unpaired) electrons. The van der Waals surface area contributed by atoms with Crippen LogP contribution in [0.4, 0.5) is 0 Å². The molecule has 1 aliphatic rings. The van der Waals surface area contributed by atoms with Crippen LogP contribution in [0, 0.1) is 25.2 Å². The minimum Gasteiger partial charge on any atom is -0.493 e. The molecule has 0 amide bonds. The van der Waals surface area contributed by atoms with Crippen LogP contribution in [0.15, 0.2) is 67.0 Å². The van der Waals surface area contributed by atoms with Crippen molar-refractivity contribution in [1.82, 2.24) is 14.8 Å². The Morgan fingerprint density at radius 3 is 2.37 bits per heavy atom. The Bertz CT molecular complexity index is 1770. The van der Waals surface area contributed by atoms with E-state index in [-0.39, 0.29) is 19.7 Å². The molecule has 270 valence electrons. The highest BCUT2D eigenvalue weighted by Crippen LogP contribution is 2.36. The fraction of sp³-hybridized carbons (Fsp3) is 0.375. The third-order valence-corrected chi connectivity index (χ3v) is 9.13. The van der Waals surface area contributed by atoms with E-state index in [2.05, 4.69) is 66.2 Å². The summed E-state index contributed by atoms with van der Waals surface area (Å²) in [6, 6.07) is 20.1. The number of nitrogens with zero attached hydrogens (tertiary/aromatic N) is 4. The van der Waals surface area contributed by atoms with Crippen molar-refractivity contribution in [2.45, 2.75) is 52.9 Å². The molecule has 1 saturated heterocycles. The van der Waals surface area contributed by atoms with Gasteiger partial charge in [-0.15, -0.1) is 0 Å². The number of rotatable bonds is 16. The van der Waals surface area contributed by atoms with E-state index in [0.717, 1.165) is 57.7 Å². The predicted octanol–water partition coefficient (Wildman–Crippen LogP) is 7.04. The van der Waals surface area contributed by atoms with Crippen LogP contribution in [0.3, 0.4) is 0 Å². The average Bonchev–Trinajstić information content (AvgIpc) is 3.65. The molecule has 0 atom stereocenters. The fourth-order valence-electron chi connectivity index (χ4n) is 6.10. The van der Waals surface area contributed by atoms with Crippen molar-refractivity contribution in [3.8, 4) is 34.4 Å². The zero-order valence-corrected chi connectivity index (χ0v) is 30.4. The van der Waals surface area contributed by atoms with E-state index >= 15 is 0 Å². The van der Waals surface area contributed by atoms with Crippen LogP contribution >= 0.6 is 11.6 Å². The standard InChI is InChI=1S/C39H45ClN4O4.CH2O2/c1-28-32(9-6-10-34(28)35-11-7-12-37(29(35)2)46-18-8-15-44-13-4-5-14-44)27-48-39-21-38(33(20-36(39)40)25-43(3)16-17-45)47-26-31-19-30(22-41)23-42-24-31;2-1-3/h6-7,9-12,19-21,23-24,45H,4-5,8,13-18,25-27H2,1-3H3;1H,(H,2,3). The van der Waals surface area contributed by atoms with Gasteiger partial charge >= 0.3 is 0 Å². The highest BCUT2D eigenvalue weighted by molar-refractivity contribution is 6.32. The van der Waals surface area contributed by atoms with Gasteiger partial charge in [0.1, 0.15) is 36.5 Å². The number of likely N-dealkylation sites (N-methyl/N-ethyl adjacent to an activating group) is 1. The van der Waals surface area contributed by atoms with E-state index in [1.54, 1.807) is 12.3 Å². The highest BCUT2D eigenvalue weighted by Gasteiger charge is 2.17. The highest BCUT2D eigenvalue weighted by atomic mass is 35.5. The Morgan fingerprint density at radius 2 is 1.65 bits per heavy atom. The number of carbonyl (C=O) groups is 1. The van der Waals surface area contributed by atoms with Crippen molar-refractivity contribution in [3.05, 3.63) is 105 Å². The summed E-state index contributed by atoms with van der Waals surface area (Å²) < 4.78 is 18.8. The normalized spacial score (nSPS) is 12.6. The third kappa shape index (κ3) is 11.4. The summed E-state index contributed by atoms with van der Waals surface area (Å²) in [6.45, 7) is 9.83. The van der Waals surface area contributed by atoms with Crippen molar-refractivity contribution in [1.29, 1.82) is 5.26 Å². The number of hydrogen-bond acceptors (Lipinski definition) is 9. The number of carboxylic acid groups (broad SMARTS) is 1. The predicted molar refractivity (Wildman–Crippen MR) is 198 cm³/mol. The van der Waals surface area contributed by atoms with Gasteiger partial charge in [0.2, 0.25) is 0 Å². The second-order valence-corrected chi connectivity index (χ2v) is 12.9. The SMILES string of the molecule is Cc1c(COc2cc(OCc3cncc(C#N)c3)c(CN(C)CCO)cc2Cl)cccc1-c1cccc(OCCCN2CCCC2)c1C.O=CO. The maximum atomic E-state index is 9.42. The van der Waals surface area contributed by atoms with Gasteiger partial charge in [0.25, 0.3) is 6.47 Å². The topological polar surface area (TPSA) is 128 Å². The molecular weight excluding hydrogens is 668 g/mol. The summed E-state index contributed by atoms with van der Waals surface area (Å²) in [5.41, 5.74) is 7.70. The van der Waals surface area contributed by atoms with E-state index < -0.39 is 0 Å². The summed E-state index contributed by atoms with van der Waals surface area (Å²) in [6.07, 6.45) is 6.84. The van der Waals surface area contributed by atoms with Crippen LogP contribution in [0.25, 0.3) is 11.1 Å². The molecule has 51 heavy (non-hydrogen) atoms. The zero-order chi connectivity index (χ0) is 36.6. The van der Waals surface area contributed by atoms with Crippen molar-refractivity contribution in [2.24, 2.45) is 0 Å². The molecule has 2 heterocycles. The van der Waals surface area contributed by atoms with E-state index in [0.29, 0.717) is 48.4 Å². The Labute approximate surface area is 305 Å². The number of ether oxygens (including phenoxy) is 3. The molecule has 1 fully saturated rings. The van der Waals surface area contributed by atoms with Crippen molar-refractivity contribution < 1.29 is 29.2 Å². The number of nitriles is 1. The van der Waals surface area contributed by atoms with Gasteiger partial charge in [-0.2, -0.15) is 5.26 Å². The molecule has 0 aliphatic carbocycles. The Kier molecular flexibility index (Phi) is 15.5. The lowest BCUT2D eigenvalue weighted by atomic mass is 9.93. The number of aliphatic hydroxyl groups is 1. The summed E-state index contributed by atoms with van der Waals surface area (Å²) in [4.78, 5) is 17.0. The number of halogens is 1. The van der Waals surface area contributed by atoms with Crippen molar-refractivity contribution >= 4 is 18.1 Å². The number of likely N-dealkylation sites (tertiary alicyclic amines) is 1. The monoisotopic (exact) mass is 714 g/mol. The summed E-state index contributed by atoms with van der Waals surface area (Å²) in [5, 5.41) is 26.1. The molecule has 2 N–H and O–H groups in total. The lowest BCUT2D eigenvalue weighted by Gasteiger charge is -2.20. The fourth-order valence-corrected chi connectivity index (χ4v) is 6.34. The first-order chi connectivity index (χ1) is 24.8. The van der Waals surface area contributed by atoms with Crippen LogP contribution in [-0.4, -0.2) is 77.9 Å². The Hall–Kier alpha value is -4.66. The molecule has 10 nitrogen and oxygen atoms in total. The second kappa shape index (κ2) is 20.3. The third-order valence-electron chi connectivity index (χ3n) is 8.83. The first-order valence-electron chi connectivity index (χ1n) is 17.1. The van der Waals surface area contributed by atoms with Gasteiger partial charge in [0.05, 0.1) is 23.8 Å². The summed E-state index contributed by atoms with van der Waals surface area (Å²) in [5.74, 6) is 2.04. The Morgan fingerprint density at radius 1 is 0.941 bits per heavy atom. The number of aliphatic hydroxyl groups excluding tert-OH is 1. The van der Waals surface area contributed by atoms with Gasteiger partial charge in [-0.3, -0.25) is 14.7 Å². The quantitative estimate of drug-likeness (QED) is 0.0922. The van der Waals surface area contributed by atoms with Crippen molar-refractivity contribution in [3.63, 3.8) is 0 Å². The molecule has 0 bridgehead atoms. The molecule has 0 spiro atoms. The molecule has 5 rings (SSSR count). The number of aromatic nitrogens is 1. The van der Waals surface area contributed by atoms with E-state index in [4.69, 9.17) is 35.7 Å². The lowest BCUT2D eigenvalue weighted by molar-refractivity contribution is -0.122. The van der Waals surface area contributed by atoms with Gasteiger partial charge in [0, 0.05) is 49.2 Å². The van der Waals surface area contributed by atoms with Gasteiger partial charge in [0.15, 0.2) is 0 Å². The van der Waals surface area contributed by atoms with Gasteiger partial charge in [-0.25, -0.2) is 0 Å². The van der Waals surface area contributed by atoms with Crippen LogP contribution in [0.2, 0.25) is 5.02 Å². The van der Waals surface area contributed by atoms with Gasteiger partial charge in [-0.1, -0.05) is 41.9 Å². The van der Waals surface area contributed by atoms with Crippen molar-refractivity contribution in [2.75, 3.05) is 46.4 Å². The van der Waals surface area contributed by atoms with Crippen LogP contribution in [0.1, 0.15) is 52.6 Å². The lowest BCUT2D eigenvalue weighted by Crippen LogP contribution is -2.22. The molecule has 11 heteroatoms. The van der Waals surface area contributed by atoms with Crippen LogP contribution in [0.5, 0.6) is 17.2 Å². The number of benzene rings is 3. The minimum absolute atomic E-state index is 0.0440. The molecule has 1 aromatic heterocycles. The largest absolute Gasteiger partial charge is 0.493 e. The number of pyridine rings is 1. The maximum Gasteiger partial charge on any atom is 0.290 e. The van der Waals surface area contributed by atoms with E-state index in [1.165, 1.54) is 32.1 Å². The zero-order valence-electron chi connectivity index (χ0n) is 29.6. The average molecular weight is 715 g/mol. The summed E-state index contributed by atoms with van der Waals surface area (Å²) >= 11 is 6.77. The Balaban J connectivity index is 0.00000188. The van der Waals surface area contributed by atoms with Crippen LogP contribution in [-0.2, 0) is 24.6 Å². The van der Waals surface area contributed by atoms with E-state index in [9.17, 15) is 10.4 Å². The van der Waals surface area contributed by atoms with Gasteiger partial charge in [-0.05, 0) is 99.3 Å². The first kappa shape index (κ1) is 39.1. The molecule has 0 unspecified atom stereocenters. The molecule has 3 aromatic carbocycles. The smallest absolute Gasteiger partial charge is 0.290 e.